The van der Waals surface area contributed by atoms with Crippen LogP contribution in [0.15, 0.2) is 60.7 Å². The second kappa shape index (κ2) is 12.2. The van der Waals surface area contributed by atoms with Crippen LogP contribution in [0.2, 0.25) is 15.1 Å². The van der Waals surface area contributed by atoms with Crippen molar-refractivity contribution in [3.05, 3.63) is 87.4 Å². The first kappa shape index (κ1) is 26.6. The van der Waals surface area contributed by atoms with Crippen molar-refractivity contribution in [2.45, 2.75) is 6.04 Å². The van der Waals surface area contributed by atoms with Crippen molar-refractivity contribution >= 4 is 46.4 Å². The van der Waals surface area contributed by atoms with E-state index in [-0.39, 0.29) is 30.3 Å². The number of rotatable bonds is 10. The minimum atomic E-state index is -0.680. The Morgan fingerprint density at radius 1 is 1.08 bits per heavy atom. The fraction of sp³-hybridized carbons (Fsp3) is 0.167. The smallest absolute Gasteiger partial charge is 0.238 e. The zero-order chi connectivity index (χ0) is 26.4. The van der Waals surface area contributed by atoms with E-state index in [1.165, 1.54) is 30.3 Å². The maximum Gasteiger partial charge on any atom is 0.238 e. The molecule has 2 N–H and O–H groups in total. The summed E-state index contributed by atoms with van der Waals surface area (Å²) in [6.45, 7) is 0.0210. The van der Waals surface area contributed by atoms with E-state index < -0.39 is 17.8 Å². The minimum absolute atomic E-state index is 0.0534. The molecule has 9 nitrogen and oxygen atoms in total. The molecule has 192 valence electrons. The van der Waals surface area contributed by atoms with Crippen molar-refractivity contribution in [1.29, 1.82) is 0 Å². The topological polar surface area (TPSA) is 105 Å². The van der Waals surface area contributed by atoms with Gasteiger partial charge in [-0.25, -0.2) is 4.39 Å². The zero-order valence-electron chi connectivity index (χ0n) is 19.3. The molecule has 3 aromatic carbocycles. The van der Waals surface area contributed by atoms with E-state index in [0.29, 0.717) is 26.6 Å². The van der Waals surface area contributed by atoms with Gasteiger partial charge in [-0.3, -0.25) is 9.69 Å². The van der Waals surface area contributed by atoms with Gasteiger partial charge in [0.2, 0.25) is 5.91 Å². The number of H-pyrrole nitrogens is 1. The number of hydrogen-bond donors (Lipinski definition) is 2. The molecule has 0 fully saturated rings. The van der Waals surface area contributed by atoms with Gasteiger partial charge in [-0.2, -0.15) is 5.21 Å². The van der Waals surface area contributed by atoms with E-state index in [0.717, 1.165) is 6.07 Å². The number of para-hydroxylation sites is 1. The van der Waals surface area contributed by atoms with Gasteiger partial charge in [0, 0.05) is 21.8 Å². The number of benzene rings is 3. The van der Waals surface area contributed by atoms with Crippen molar-refractivity contribution in [1.82, 2.24) is 25.5 Å². The SMILES string of the molecule is CN(CC(=O)Nc1ccc(Oc2cc(Cl)cc(Cl)c2)c(F)c1)C(COc1ccccc1Cl)c1nn[nH]n1. The predicted octanol–water partition coefficient (Wildman–Crippen LogP) is 5.78. The molecule has 0 spiro atoms. The molecule has 4 aromatic rings. The summed E-state index contributed by atoms with van der Waals surface area (Å²) in [5, 5.41) is 17.8. The third kappa shape index (κ3) is 7.30. The van der Waals surface area contributed by atoms with Crippen LogP contribution >= 0.6 is 34.8 Å². The number of tetrazole rings is 1. The van der Waals surface area contributed by atoms with E-state index in [9.17, 15) is 9.18 Å². The van der Waals surface area contributed by atoms with Gasteiger partial charge in [0.25, 0.3) is 0 Å². The van der Waals surface area contributed by atoms with Gasteiger partial charge in [0.1, 0.15) is 24.1 Å². The molecule has 37 heavy (non-hydrogen) atoms. The Hall–Kier alpha value is -3.44. The molecule has 0 aliphatic heterocycles. The second-order valence-corrected chi connectivity index (χ2v) is 9.12. The lowest BCUT2D eigenvalue weighted by Crippen LogP contribution is -2.36. The molecular formula is C24H20Cl3FN6O3. The lowest BCUT2D eigenvalue weighted by Gasteiger charge is -2.25. The van der Waals surface area contributed by atoms with Crippen LogP contribution in [0.25, 0.3) is 0 Å². The number of carbonyl (C=O) groups is 1. The van der Waals surface area contributed by atoms with Gasteiger partial charge in [-0.1, -0.05) is 52.1 Å². The van der Waals surface area contributed by atoms with Crippen LogP contribution in [0.1, 0.15) is 11.9 Å². The zero-order valence-corrected chi connectivity index (χ0v) is 21.6. The van der Waals surface area contributed by atoms with E-state index >= 15 is 0 Å². The molecule has 0 aliphatic rings. The first-order chi connectivity index (χ1) is 17.8. The molecule has 13 heteroatoms. The quantitative estimate of drug-likeness (QED) is 0.251. The second-order valence-electron chi connectivity index (χ2n) is 7.84. The molecule has 0 aliphatic carbocycles. The van der Waals surface area contributed by atoms with E-state index in [4.69, 9.17) is 44.3 Å². The standard InChI is InChI=1S/C24H20Cl3FN6O3/c1-34(20(24-30-32-33-31-24)13-36-21-5-3-2-4-18(21)27)12-23(35)29-16-6-7-22(19(28)11-16)37-17-9-14(25)8-15(26)10-17/h2-11,20H,12-13H2,1H3,(H,29,35)(H,30,31,32,33). The summed E-state index contributed by atoms with van der Waals surface area (Å²) in [5.41, 5.74) is 0.246. The summed E-state index contributed by atoms with van der Waals surface area (Å²) in [6.07, 6.45) is 0. The molecule has 1 aromatic heterocycles. The predicted molar refractivity (Wildman–Crippen MR) is 138 cm³/mol. The summed E-state index contributed by atoms with van der Waals surface area (Å²) in [4.78, 5) is 14.4. The number of ether oxygens (including phenoxy) is 2. The molecule has 1 atom stereocenters. The summed E-state index contributed by atoms with van der Waals surface area (Å²) in [5.74, 6) is -0.0449. The fourth-order valence-electron chi connectivity index (χ4n) is 3.35. The molecule has 1 heterocycles. The largest absolute Gasteiger partial charge is 0.490 e. The maximum absolute atomic E-state index is 14.7. The first-order valence-corrected chi connectivity index (χ1v) is 12.0. The monoisotopic (exact) mass is 564 g/mol. The van der Waals surface area contributed by atoms with Gasteiger partial charge in [0.15, 0.2) is 17.4 Å². The van der Waals surface area contributed by atoms with Crippen molar-refractivity contribution < 1.29 is 18.7 Å². The number of nitrogens with zero attached hydrogens (tertiary/aromatic N) is 4. The highest BCUT2D eigenvalue weighted by Gasteiger charge is 2.25. The number of amides is 1. The molecule has 1 unspecified atom stereocenters. The number of anilines is 1. The van der Waals surface area contributed by atoms with Gasteiger partial charge >= 0.3 is 0 Å². The molecular weight excluding hydrogens is 546 g/mol. The summed E-state index contributed by atoms with van der Waals surface area (Å²) < 4.78 is 26.0. The number of nitrogens with one attached hydrogen (secondary N) is 2. The maximum atomic E-state index is 14.7. The molecule has 0 saturated carbocycles. The molecule has 0 bridgehead atoms. The number of aromatic amines is 1. The number of halogens is 4. The van der Waals surface area contributed by atoms with Gasteiger partial charge < -0.3 is 14.8 Å². The third-order valence-corrected chi connectivity index (χ3v) is 5.85. The Morgan fingerprint density at radius 2 is 1.84 bits per heavy atom. The van der Waals surface area contributed by atoms with Crippen molar-refractivity contribution in [2.24, 2.45) is 0 Å². The molecule has 0 saturated heterocycles. The van der Waals surface area contributed by atoms with Crippen molar-refractivity contribution in [3.8, 4) is 17.2 Å². The number of likely N-dealkylation sites (N-methyl/N-ethyl adjacent to an activating group) is 1. The number of aromatic nitrogens is 4. The van der Waals surface area contributed by atoms with E-state index in [1.807, 2.05) is 0 Å². The summed E-state index contributed by atoms with van der Waals surface area (Å²) in [6, 6.07) is 15.1. The van der Waals surface area contributed by atoms with Crippen LogP contribution in [0.3, 0.4) is 0 Å². The van der Waals surface area contributed by atoms with Crippen LogP contribution in [-0.2, 0) is 4.79 Å². The highest BCUT2D eigenvalue weighted by atomic mass is 35.5. The molecule has 4 rings (SSSR count). The fourth-order valence-corrected chi connectivity index (χ4v) is 4.05. The van der Waals surface area contributed by atoms with Gasteiger partial charge in [0.05, 0.1) is 11.6 Å². The van der Waals surface area contributed by atoms with Gasteiger partial charge in [-0.05, 0) is 49.5 Å². The minimum Gasteiger partial charge on any atom is -0.490 e. The first-order valence-electron chi connectivity index (χ1n) is 10.8. The van der Waals surface area contributed by atoms with E-state index in [2.05, 4.69) is 25.9 Å². The number of hydrogen-bond acceptors (Lipinski definition) is 7. The van der Waals surface area contributed by atoms with Crippen LogP contribution in [0.5, 0.6) is 17.2 Å². The highest BCUT2D eigenvalue weighted by molar-refractivity contribution is 6.34. The Bertz CT molecular complexity index is 1360. The normalized spacial score (nSPS) is 11.8. The van der Waals surface area contributed by atoms with Crippen LogP contribution in [0.4, 0.5) is 10.1 Å². The Balaban J connectivity index is 1.39. The summed E-state index contributed by atoms with van der Waals surface area (Å²) >= 11 is 18.1. The number of carbonyl (C=O) groups excluding carboxylic acids is 1. The van der Waals surface area contributed by atoms with E-state index in [1.54, 1.807) is 36.2 Å². The average molecular weight is 566 g/mol. The average Bonchev–Trinajstić information content (AvgIpc) is 3.36. The Morgan fingerprint density at radius 3 is 2.51 bits per heavy atom. The third-order valence-electron chi connectivity index (χ3n) is 5.10. The van der Waals surface area contributed by atoms with Crippen LogP contribution in [-0.4, -0.2) is 51.6 Å². The highest BCUT2D eigenvalue weighted by Crippen LogP contribution is 2.31. The Labute approximate surface area is 226 Å². The lowest BCUT2D eigenvalue weighted by atomic mass is 10.2. The lowest BCUT2D eigenvalue weighted by molar-refractivity contribution is -0.117. The van der Waals surface area contributed by atoms with Crippen molar-refractivity contribution in [3.63, 3.8) is 0 Å². The summed E-state index contributed by atoms with van der Waals surface area (Å²) in [7, 11) is 1.70. The molecule has 0 radical (unpaired) electrons. The molecule has 1 amide bonds. The van der Waals surface area contributed by atoms with Crippen LogP contribution in [0, 0.1) is 5.82 Å². The Kier molecular flexibility index (Phi) is 8.78. The van der Waals surface area contributed by atoms with Gasteiger partial charge in [-0.15, -0.1) is 10.2 Å². The van der Waals surface area contributed by atoms with Crippen LogP contribution < -0.4 is 14.8 Å². The van der Waals surface area contributed by atoms with Crippen molar-refractivity contribution in [2.75, 3.05) is 25.5 Å².